The van der Waals surface area contributed by atoms with Gasteiger partial charge in [-0.05, 0) is 32.1 Å². The molecule has 2 amide bonds. The minimum atomic E-state index is -0.151. The largest absolute Gasteiger partial charge is 0.439 e. The molecular weight excluding hydrogens is 418 g/mol. The van der Waals surface area contributed by atoms with Gasteiger partial charge in [0.05, 0.1) is 18.0 Å². The fourth-order valence-corrected chi connectivity index (χ4v) is 5.19. The molecule has 0 radical (unpaired) electrons. The van der Waals surface area contributed by atoms with Crippen LogP contribution in [0, 0.1) is 30.6 Å². The van der Waals surface area contributed by atoms with Crippen molar-refractivity contribution in [3.63, 3.8) is 0 Å². The Hall–Kier alpha value is -3.42. The Balaban J connectivity index is 1.17. The topological polar surface area (TPSA) is 99.8 Å². The first-order chi connectivity index (χ1) is 16.0. The normalized spacial score (nSPS) is 25.8. The average molecular weight is 448 g/mol. The Kier molecular flexibility index (Phi) is 5.74. The van der Waals surface area contributed by atoms with E-state index in [9.17, 15) is 9.59 Å². The van der Waals surface area contributed by atoms with E-state index in [1.165, 1.54) is 10.5 Å². The highest BCUT2D eigenvalue weighted by Crippen LogP contribution is 2.52. The maximum atomic E-state index is 12.8. The Morgan fingerprint density at radius 3 is 2.48 bits per heavy atom. The van der Waals surface area contributed by atoms with Gasteiger partial charge in [0.25, 0.3) is 0 Å². The summed E-state index contributed by atoms with van der Waals surface area (Å²) in [7, 11) is 0. The van der Waals surface area contributed by atoms with Crippen molar-refractivity contribution in [2.75, 3.05) is 19.6 Å². The number of aliphatic imine (C=N–C) groups is 1. The molecule has 1 saturated carbocycles. The van der Waals surface area contributed by atoms with Gasteiger partial charge in [-0.2, -0.15) is 0 Å². The average Bonchev–Trinajstić information content (AvgIpc) is 3.59. The second-order valence-electron chi connectivity index (χ2n) is 8.93. The molecule has 1 saturated heterocycles. The molecule has 4 unspecified atom stereocenters. The number of carbonyl (C=O) groups is 2. The van der Waals surface area contributed by atoms with Crippen LogP contribution in [0.2, 0.25) is 0 Å². The van der Waals surface area contributed by atoms with Crippen LogP contribution in [-0.4, -0.2) is 47.3 Å². The Morgan fingerprint density at radius 2 is 1.82 bits per heavy atom. The summed E-state index contributed by atoms with van der Waals surface area (Å²) in [4.78, 5) is 35.9. The first-order valence-corrected chi connectivity index (χ1v) is 11.6. The van der Waals surface area contributed by atoms with E-state index in [0.717, 1.165) is 12.0 Å². The number of hydrogen-bond acceptors (Lipinski definition) is 5. The molecule has 3 aliphatic rings. The molecule has 0 spiro atoms. The van der Waals surface area contributed by atoms with Crippen molar-refractivity contribution in [3.05, 3.63) is 54.1 Å². The van der Waals surface area contributed by atoms with Crippen LogP contribution >= 0.6 is 0 Å². The summed E-state index contributed by atoms with van der Waals surface area (Å²) in [5, 5.41) is 6.40. The highest BCUT2D eigenvalue weighted by atomic mass is 16.4. The number of benzene rings is 1. The van der Waals surface area contributed by atoms with Crippen LogP contribution in [0.3, 0.4) is 0 Å². The number of hydrogen-bond donors (Lipinski definition) is 2. The lowest BCUT2D eigenvalue weighted by atomic mass is 9.85. The molecule has 5 rings (SSSR count). The van der Waals surface area contributed by atoms with Crippen molar-refractivity contribution >= 4 is 17.8 Å². The molecule has 2 N–H and O–H groups in total. The number of imide groups is 1. The number of oxazole rings is 1. The zero-order chi connectivity index (χ0) is 22.9. The van der Waals surface area contributed by atoms with Crippen molar-refractivity contribution in [2.24, 2.45) is 28.7 Å². The number of aromatic nitrogens is 1. The van der Waals surface area contributed by atoms with Gasteiger partial charge in [0.2, 0.25) is 17.7 Å². The van der Waals surface area contributed by atoms with Gasteiger partial charge in [0.15, 0.2) is 11.7 Å². The highest BCUT2D eigenvalue weighted by molar-refractivity contribution is 6.06. The standard InChI is InChI=1S/C25H29N5O3/c1-3-26-25(29-14-20-28-13-19(33-20)16-6-4-15(2)5-7-16)27-10-11-30-23(31)21-17-8-9-18(12-17)22(21)24(30)32/h4-9,13,17-18,21-22H,3,10-12,14H2,1-2H3,(H2,26,27,29). The number of rotatable bonds is 7. The Labute approximate surface area is 193 Å². The second-order valence-corrected chi connectivity index (χ2v) is 8.93. The third kappa shape index (κ3) is 4.05. The first kappa shape index (κ1) is 21.4. The summed E-state index contributed by atoms with van der Waals surface area (Å²) in [5.41, 5.74) is 2.16. The number of amides is 2. The summed E-state index contributed by atoms with van der Waals surface area (Å²) >= 11 is 0. The lowest BCUT2D eigenvalue weighted by Crippen LogP contribution is -2.43. The molecule has 8 heteroatoms. The number of fused-ring (bicyclic) bond motifs is 5. The van der Waals surface area contributed by atoms with E-state index in [2.05, 4.69) is 32.8 Å². The van der Waals surface area contributed by atoms with E-state index < -0.39 is 0 Å². The van der Waals surface area contributed by atoms with E-state index >= 15 is 0 Å². The minimum Gasteiger partial charge on any atom is -0.439 e. The quantitative estimate of drug-likeness (QED) is 0.293. The van der Waals surface area contributed by atoms with Gasteiger partial charge in [-0.15, -0.1) is 0 Å². The molecule has 8 nitrogen and oxygen atoms in total. The number of nitrogens with one attached hydrogen (secondary N) is 2. The van der Waals surface area contributed by atoms with Crippen LogP contribution in [0.4, 0.5) is 0 Å². The van der Waals surface area contributed by atoms with Crippen molar-refractivity contribution in [1.29, 1.82) is 0 Å². The van der Waals surface area contributed by atoms with E-state index in [4.69, 9.17) is 4.42 Å². The summed E-state index contributed by atoms with van der Waals surface area (Å²) < 4.78 is 5.84. The lowest BCUT2D eigenvalue weighted by molar-refractivity contribution is -0.140. The van der Waals surface area contributed by atoms with Gasteiger partial charge in [-0.1, -0.05) is 42.0 Å². The number of allylic oxidation sites excluding steroid dienone is 2. The molecule has 2 fully saturated rings. The third-order valence-electron chi connectivity index (χ3n) is 6.80. The van der Waals surface area contributed by atoms with Crippen LogP contribution in [0.5, 0.6) is 0 Å². The maximum absolute atomic E-state index is 12.8. The third-order valence-corrected chi connectivity index (χ3v) is 6.80. The van der Waals surface area contributed by atoms with Gasteiger partial charge in [0.1, 0.15) is 6.54 Å². The number of guanidine groups is 1. The molecule has 4 atom stereocenters. The minimum absolute atomic E-state index is 0.0194. The van der Waals surface area contributed by atoms with E-state index in [1.54, 1.807) is 6.20 Å². The second kappa shape index (κ2) is 8.84. The molecule has 1 aromatic carbocycles. The highest BCUT2D eigenvalue weighted by Gasteiger charge is 2.58. The van der Waals surface area contributed by atoms with E-state index in [1.807, 2.05) is 38.1 Å². The maximum Gasteiger partial charge on any atom is 0.233 e. The zero-order valence-corrected chi connectivity index (χ0v) is 19.0. The van der Waals surface area contributed by atoms with Gasteiger partial charge in [-0.25, -0.2) is 9.98 Å². The van der Waals surface area contributed by atoms with Gasteiger partial charge in [0, 0.05) is 25.2 Å². The molecule has 33 heavy (non-hydrogen) atoms. The first-order valence-electron chi connectivity index (χ1n) is 11.6. The molecular formula is C25H29N5O3. The van der Waals surface area contributed by atoms with Crippen LogP contribution in [0.25, 0.3) is 11.3 Å². The molecule has 2 heterocycles. The lowest BCUT2D eigenvalue weighted by Gasteiger charge is -2.18. The summed E-state index contributed by atoms with van der Waals surface area (Å²) in [6.07, 6.45) is 6.88. The van der Waals surface area contributed by atoms with Crippen LogP contribution in [-0.2, 0) is 16.1 Å². The summed E-state index contributed by atoms with van der Waals surface area (Å²) in [6.45, 7) is 5.77. The van der Waals surface area contributed by atoms with Crippen LogP contribution in [0.15, 0.2) is 52.0 Å². The van der Waals surface area contributed by atoms with Crippen LogP contribution < -0.4 is 10.6 Å². The van der Waals surface area contributed by atoms with Crippen molar-refractivity contribution in [1.82, 2.24) is 20.5 Å². The fourth-order valence-electron chi connectivity index (χ4n) is 5.19. The number of nitrogens with zero attached hydrogens (tertiary/aromatic N) is 3. The zero-order valence-electron chi connectivity index (χ0n) is 19.0. The van der Waals surface area contributed by atoms with Crippen LogP contribution in [0.1, 0.15) is 24.8 Å². The SMILES string of the molecule is CCNC(=NCc1ncc(-c2ccc(C)cc2)o1)NCCN1C(=O)C2C3C=CC(C3)C2C1=O. The fraction of sp³-hybridized carbons (Fsp3) is 0.440. The number of likely N-dealkylation sites (tertiary alicyclic amines) is 1. The number of aryl methyl sites for hydroxylation is 1. The Morgan fingerprint density at radius 1 is 1.12 bits per heavy atom. The van der Waals surface area contributed by atoms with Crippen molar-refractivity contribution in [3.8, 4) is 11.3 Å². The number of carbonyl (C=O) groups excluding carboxylic acids is 2. The van der Waals surface area contributed by atoms with E-state index in [-0.39, 0.29) is 42.0 Å². The van der Waals surface area contributed by atoms with Crippen molar-refractivity contribution < 1.29 is 14.0 Å². The Bertz CT molecular complexity index is 1070. The molecule has 1 aliphatic heterocycles. The van der Waals surface area contributed by atoms with Gasteiger partial charge < -0.3 is 15.1 Å². The molecule has 1 aromatic heterocycles. The monoisotopic (exact) mass is 447 g/mol. The molecule has 2 aliphatic carbocycles. The summed E-state index contributed by atoms with van der Waals surface area (Å²) in [6, 6.07) is 8.08. The van der Waals surface area contributed by atoms with Crippen molar-refractivity contribution in [2.45, 2.75) is 26.8 Å². The van der Waals surface area contributed by atoms with Gasteiger partial charge >= 0.3 is 0 Å². The smallest absolute Gasteiger partial charge is 0.233 e. The molecule has 2 bridgehead atoms. The molecule has 172 valence electrons. The van der Waals surface area contributed by atoms with Gasteiger partial charge in [-0.3, -0.25) is 14.5 Å². The molecule has 2 aromatic rings. The predicted octanol–water partition coefficient (Wildman–Crippen LogP) is 2.51. The predicted molar refractivity (Wildman–Crippen MR) is 124 cm³/mol. The van der Waals surface area contributed by atoms with E-state index in [0.29, 0.717) is 37.2 Å². The summed E-state index contributed by atoms with van der Waals surface area (Å²) in [5.74, 6) is 1.94.